The maximum atomic E-state index is 12.3. The second-order valence-electron chi connectivity index (χ2n) is 5.10. The largest absolute Gasteiger partial charge is 0.349 e. The molecule has 1 unspecified atom stereocenters. The van der Waals surface area contributed by atoms with Gasteiger partial charge in [0.25, 0.3) is 5.91 Å². The Hall–Kier alpha value is -1.49. The highest BCUT2D eigenvalue weighted by atomic mass is 32.1. The topological polar surface area (TPSA) is 54.9 Å². The fourth-order valence-electron chi connectivity index (χ4n) is 2.16. The maximum absolute atomic E-state index is 12.3. The van der Waals surface area contributed by atoms with E-state index in [0.29, 0.717) is 0 Å². The van der Waals surface area contributed by atoms with E-state index in [-0.39, 0.29) is 11.9 Å². The van der Waals surface area contributed by atoms with Crippen molar-refractivity contribution >= 4 is 27.5 Å². The predicted octanol–water partition coefficient (Wildman–Crippen LogP) is 3.40. The number of hydrogen-bond acceptors (Lipinski definition) is 4. The molecule has 0 saturated carbocycles. The van der Waals surface area contributed by atoms with Crippen molar-refractivity contribution in [2.45, 2.75) is 53.5 Å². The van der Waals surface area contributed by atoms with Crippen LogP contribution in [0.3, 0.4) is 0 Å². The molecule has 2 aromatic rings. The third-order valence-electron chi connectivity index (χ3n) is 3.53. The first-order valence-electron chi connectivity index (χ1n) is 7.05. The number of nitrogens with zero attached hydrogens (tertiary/aromatic N) is 2. The minimum absolute atomic E-state index is 0.00250. The number of amides is 1. The van der Waals surface area contributed by atoms with Gasteiger partial charge < -0.3 is 5.32 Å². The number of fused-ring (bicyclic) bond motifs is 1. The molecule has 20 heavy (non-hydrogen) atoms. The molecule has 0 aliphatic rings. The lowest BCUT2D eigenvalue weighted by Crippen LogP contribution is -2.31. The van der Waals surface area contributed by atoms with Crippen LogP contribution in [-0.2, 0) is 6.42 Å². The van der Waals surface area contributed by atoms with E-state index in [0.717, 1.165) is 45.0 Å². The van der Waals surface area contributed by atoms with Crippen molar-refractivity contribution in [2.75, 3.05) is 0 Å². The molecule has 5 heteroatoms. The van der Waals surface area contributed by atoms with Crippen molar-refractivity contribution < 1.29 is 4.79 Å². The maximum Gasteiger partial charge on any atom is 0.261 e. The number of carbonyl (C=O) groups is 1. The monoisotopic (exact) mass is 291 g/mol. The molecule has 0 bridgehead atoms. The molecule has 1 amide bonds. The number of thiophene rings is 1. The molecular formula is C15H21N3OS. The molecule has 0 spiro atoms. The van der Waals surface area contributed by atoms with Crippen LogP contribution in [0.15, 0.2) is 0 Å². The average molecular weight is 291 g/mol. The van der Waals surface area contributed by atoms with E-state index in [2.05, 4.69) is 22.2 Å². The first-order valence-corrected chi connectivity index (χ1v) is 7.87. The van der Waals surface area contributed by atoms with Crippen molar-refractivity contribution in [2.24, 2.45) is 0 Å². The lowest BCUT2D eigenvalue weighted by atomic mass is 10.1. The minimum atomic E-state index is -0.00250. The molecule has 108 valence electrons. The molecule has 0 radical (unpaired) electrons. The highest BCUT2D eigenvalue weighted by molar-refractivity contribution is 7.20. The summed E-state index contributed by atoms with van der Waals surface area (Å²) in [5.41, 5.74) is 1.95. The van der Waals surface area contributed by atoms with Gasteiger partial charge in [0.05, 0.1) is 4.88 Å². The van der Waals surface area contributed by atoms with E-state index >= 15 is 0 Å². The smallest absolute Gasteiger partial charge is 0.261 e. The zero-order valence-electron chi connectivity index (χ0n) is 12.7. The standard InChI is InChI=1S/C15H21N3OS/c1-6-8(3)16-14(19)13-9(4)12-10(5)17-11(7-2)18-15(12)20-13/h8H,6-7H2,1-5H3,(H,16,19). The van der Waals surface area contributed by atoms with Gasteiger partial charge >= 0.3 is 0 Å². The number of rotatable bonds is 4. The van der Waals surface area contributed by atoms with Gasteiger partial charge in [0, 0.05) is 23.5 Å². The van der Waals surface area contributed by atoms with Crippen LogP contribution < -0.4 is 5.32 Å². The summed E-state index contributed by atoms with van der Waals surface area (Å²) < 4.78 is 0. The summed E-state index contributed by atoms with van der Waals surface area (Å²) in [7, 11) is 0. The molecule has 2 rings (SSSR count). The van der Waals surface area contributed by atoms with Crippen LogP contribution in [0.25, 0.3) is 10.2 Å². The fourth-order valence-corrected chi connectivity index (χ4v) is 3.31. The summed E-state index contributed by atoms with van der Waals surface area (Å²) >= 11 is 1.47. The van der Waals surface area contributed by atoms with Crippen molar-refractivity contribution in [3.8, 4) is 0 Å². The van der Waals surface area contributed by atoms with E-state index in [1.165, 1.54) is 11.3 Å². The zero-order valence-corrected chi connectivity index (χ0v) is 13.5. The highest BCUT2D eigenvalue weighted by Crippen LogP contribution is 2.31. The summed E-state index contributed by atoms with van der Waals surface area (Å²) in [4.78, 5) is 23.0. The van der Waals surface area contributed by atoms with Gasteiger partial charge in [-0.15, -0.1) is 11.3 Å². The number of carbonyl (C=O) groups excluding carboxylic acids is 1. The summed E-state index contributed by atoms with van der Waals surface area (Å²) in [6.45, 7) is 10.1. The lowest BCUT2D eigenvalue weighted by Gasteiger charge is -2.10. The van der Waals surface area contributed by atoms with Crippen molar-refractivity contribution in [1.29, 1.82) is 0 Å². The van der Waals surface area contributed by atoms with Crippen LogP contribution >= 0.6 is 11.3 Å². The Bertz CT molecular complexity index is 648. The zero-order chi connectivity index (χ0) is 14.9. The summed E-state index contributed by atoms with van der Waals surface area (Å²) in [5, 5.41) is 4.05. The van der Waals surface area contributed by atoms with Crippen LogP contribution in [0.1, 0.15) is 53.9 Å². The molecule has 1 N–H and O–H groups in total. The normalized spacial score (nSPS) is 12.7. The molecule has 0 aromatic carbocycles. The van der Waals surface area contributed by atoms with Gasteiger partial charge in [-0.05, 0) is 32.8 Å². The Labute approximate surface area is 123 Å². The highest BCUT2D eigenvalue weighted by Gasteiger charge is 2.19. The number of aromatic nitrogens is 2. The summed E-state index contributed by atoms with van der Waals surface area (Å²) in [5.74, 6) is 0.836. The third-order valence-corrected chi connectivity index (χ3v) is 4.71. The SMILES string of the molecule is CCc1nc(C)c2c(C)c(C(=O)NC(C)CC)sc2n1. The van der Waals surface area contributed by atoms with E-state index in [4.69, 9.17) is 0 Å². The van der Waals surface area contributed by atoms with E-state index in [1.807, 2.05) is 27.7 Å². The van der Waals surface area contributed by atoms with Crippen LogP contribution in [0.2, 0.25) is 0 Å². The van der Waals surface area contributed by atoms with Crippen molar-refractivity contribution in [3.05, 3.63) is 22.0 Å². The van der Waals surface area contributed by atoms with Gasteiger partial charge in [0.1, 0.15) is 10.7 Å². The van der Waals surface area contributed by atoms with Gasteiger partial charge in [0.2, 0.25) is 0 Å². The summed E-state index contributed by atoms with van der Waals surface area (Å²) in [6, 6.07) is 0.186. The molecule has 2 aromatic heterocycles. The van der Waals surface area contributed by atoms with Gasteiger partial charge in [-0.25, -0.2) is 9.97 Å². The second kappa shape index (κ2) is 5.87. The Kier molecular flexibility index (Phi) is 4.38. The molecule has 0 saturated heterocycles. The number of aryl methyl sites for hydroxylation is 3. The quantitative estimate of drug-likeness (QED) is 0.939. The summed E-state index contributed by atoms with van der Waals surface area (Å²) in [6.07, 6.45) is 1.73. The van der Waals surface area contributed by atoms with Crippen LogP contribution in [0.5, 0.6) is 0 Å². The van der Waals surface area contributed by atoms with Crippen molar-refractivity contribution in [3.63, 3.8) is 0 Å². The Morgan fingerprint density at radius 1 is 1.30 bits per heavy atom. The third kappa shape index (κ3) is 2.68. The van der Waals surface area contributed by atoms with Crippen LogP contribution in [0.4, 0.5) is 0 Å². The molecular weight excluding hydrogens is 270 g/mol. The minimum Gasteiger partial charge on any atom is -0.349 e. The molecule has 0 aliphatic carbocycles. The number of nitrogens with one attached hydrogen (secondary N) is 1. The lowest BCUT2D eigenvalue weighted by molar-refractivity contribution is 0.0943. The fraction of sp³-hybridized carbons (Fsp3) is 0.533. The van der Waals surface area contributed by atoms with Crippen molar-refractivity contribution in [1.82, 2.24) is 15.3 Å². The molecule has 2 heterocycles. The molecule has 0 aliphatic heterocycles. The first kappa shape index (κ1) is 14.9. The van der Waals surface area contributed by atoms with Gasteiger partial charge in [-0.2, -0.15) is 0 Å². The molecule has 0 fully saturated rings. The first-order chi connectivity index (χ1) is 9.47. The Morgan fingerprint density at radius 2 is 2.00 bits per heavy atom. The number of hydrogen-bond donors (Lipinski definition) is 1. The van der Waals surface area contributed by atoms with Gasteiger partial charge in [0.15, 0.2) is 0 Å². The predicted molar refractivity (Wildman–Crippen MR) is 83.5 cm³/mol. The van der Waals surface area contributed by atoms with E-state index in [1.54, 1.807) is 0 Å². The molecule has 4 nitrogen and oxygen atoms in total. The van der Waals surface area contributed by atoms with Crippen LogP contribution in [-0.4, -0.2) is 21.9 Å². The van der Waals surface area contributed by atoms with E-state index in [9.17, 15) is 4.79 Å². The Balaban J connectivity index is 2.48. The molecule has 1 atom stereocenters. The average Bonchev–Trinajstić information content (AvgIpc) is 2.76. The van der Waals surface area contributed by atoms with E-state index < -0.39 is 0 Å². The van der Waals surface area contributed by atoms with Gasteiger partial charge in [-0.1, -0.05) is 13.8 Å². The Morgan fingerprint density at radius 3 is 2.60 bits per heavy atom. The van der Waals surface area contributed by atoms with Gasteiger partial charge in [-0.3, -0.25) is 4.79 Å². The second-order valence-corrected chi connectivity index (χ2v) is 6.10. The van der Waals surface area contributed by atoms with Crippen LogP contribution in [0, 0.1) is 13.8 Å².